The first kappa shape index (κ1) is 35.1. The van der Waals surface area contributed by atoms with Crippen LogP contribution in [0.4, 0.5) is 11.4 Å². The molecule has 1 aliphatic rings. The highest BCUT2D eigenvalue weighted by Gasteiger charge is 2.52. The highest BCUT2D eigenvalue weighted by Crippen LogP contribution is 2.53. The molecule has 0 amide bonds. The molecular formula is C30H42N8O7. The molecule has 0 bridgehead atoms. The monoisotopic (exact) mass is 626 g/mol. The van der Waals surface area contributed by atoms with Gasteiger partial charge in [-0.3, -0.25) is 0 Å². The molecule has 244 valence electrons. The minimum Gasteiger partial charge on any atom is -0.507 e. The van der Waals surface area contributed by atoms with E-state index >= 15 is 0 Å². The molecule has 2 aromatic rings. The van der Waals surface area contributed by atoms with Crippen LogP contribution in [-0.4, -0.2) is 96.7 Å². The van der Waals surface area contributed by atoms with Gasteiger partial charge in [0.05, 0.1) is 18.8 Å². The number of hydrogen-bond donors (Lipinski definition) is 4. The molecule has 0 aliphatic heterocycles. The van der Waals surface area contributed by atoms with Crippen LogP contribution in [0.15, 0.2) is 46.6 Å². The minimum atomic E-state index is -1.08. The van der Waals surface area contributed by atoms with Gasteiger partial charge in [-0.1, -0.05) is 22.4 Å². The first-order valence-corrected chi connectivity index (χ1v) is 14.7. The molecule has 0 heterocycles. The molecule has 15 heteroatoms. The van der Waals surface area contributed by atoms with E-state index in [-0.39, 0.29) is 49.8 Å². The van der Waals surface area contributed by atoms with Gasteiger partial charge in [-0.15, -0.1) is 0 Å². The molecule has 2 unspecified atom stereocenters. The van der Waals surface area contributed by atoms with Crippen LogP contribution in [0.2, 0.25) is 0 Å². The number of hydrogen-bond acceptors (Lipinski definition) is 11. The molecule has 1 saturated carbocycles. The number of phenolic OH excluding ortho intramolecular Hbond substituents is 2. The number of aliphatic hydroxyl groups is 2. The van der Waals surface area contributed by atoms with Crippen molar-refractivity contribution in [2.45, 2.75) is 57.3 Å². The zero-order valence-corrected chi connectivity index (χ0v) is 26.0. The molecule has 0 saturated heterocycles. The van der Waals surface area contributed by atoms with Crippen LogP contribution in [0, 0.1) is 0 Å². The third kappa shape index (κ3) is 9.30. The number of phenols is 2. The number of benzene rings is 2. The summed E-state index contributed by atoms with van der Waals surface area (Å²) in [6, 6.07) is 10.2. The Kier molecular flexibility index (Phi) is 12.5. The topological polar surface area (TPSA) is 220 Å². The molecule has 0 aromatic heterocycles. The van der Waals surface area contributed by atoms with Crippen molar-refractivity contribution in [1.29, 1.82) is 0 Å². The smallest absolute Gasteiger partial charge is 0.332 e. The van der Waals surface area contributed by atoms with E-state index in [0.717, 1.165) is 5.69 Å². The van der Waals surface area contributed by atoms with Crippen molar-refractivity contribution >= 4 is 17.3 Å². The molecule has 1 fully saturated rings. The van der Waals surface area contributed by atoms with Gasteiger partial charge in [0.1, 0.15) is 23.7 Å². The first-order valence-electron chi connectivity index (χ1n) is 14.7. The summed E-state index contributed by atoms with van der Waals surface area (Å²) in [6.07, 6.45) is -2.16. The Labute approximate surface area is 261 Å². The summed E-state index contributed by atoms with van der Waals surface area (Å²) in [6.45, 7) is 9.50. The van der Waals surface area contributed by atoms with Crippen LogP contribution in [0.3, 0.4) is 0 Å². The molecule has 2 aromatic carbocycles. The van der Waals surface area contributed by atoms with E-state index in [1.165, 1.54) is 12.1 Å². The number of ether oxygens (including phenoxy) is 2. The average Bonchev–Trinajstić information content (AvgIpc) is 2.98. The van der Waals surface area contributed by atoms with Gasteiger partial charge in [-0.05, 0) is 56.5 Å². The van der Waals surface area contributed by atoms with Crippen LogP contribution in [0.1, 0.15) is 50.7 Å². The summed E-state index contributed by atoms with van der Waals surface area (Å²) >= 11 is 0. The normalized spacial score (nSPS) is 19.1. The highest BCUT2D eigenvalue weighted by atomic mass is 16.6. The summed E-state index contributed by atoms with van der Waals surface area (Å²) in [5.74, 6) is -2.62. The average molecular weight is 627 g/mol. The zero-order chi connectivity index (χ0) is 33.1. The Morgan fingerprint density at radius 1 is 0.889 bits per heavy atom. The van der Waals surface area contributed by atoms with Crippen LogP contribution >= 0.6 is 0 Å². The first-order chi connectivity index (χ1) is 21.4. The van der Waals surface area contributed by atoms with Gasteiger partial charge in [-0.25, -0.2) is 4.79 Å². The lowest BCUT2D eigenvalue weighted by molar-refractivity contribution is -0.160. The second-order valence-electron chi connectivity index (χ2n) is 11.6. The number of carbonyl (C=O) groups is 1. The number of likely N-dealkylation sites (N-methyl/N-ethyl adjacent to an activating group) is 1. The molecule has 3 rings (SSSR count). The van der Waals surface area contributed by atoms with E-state index in [1.54, 1.807) is 25.7 Å². The Morgan fingerprint density at radius 3 is 1.93 bits per heavy atom. The molecule has 0 spiro atoms. The quantitative estimate of drug-likeness (QED) is 0.0684. The van der Waals surface area contributed by atoms with Crippen molar-refractivity contribution in [3.05, 3.63) is 68.4 Å². The summed E-state index contributed by atoms with van der Waals surface area (Å²) in [4.78, 5) is 21.0. The van der Waals surface area contributed by atoms with Gasteiger partial charge < -0.3 is 39.7 Å². The lowest BCUT2D eigenvalue weighted by Gasteiger charge is -2.47. The Hall–Kier alpha value is -4.39. The van der Waals surface area contributed by atoms with Crippen molar-refractivity contribution in [3.63, 3.8) is 0 Å². The van der Waals surface area contributed by atoms with Gasteiger partial charge in [-0.2, -0.15) is 0 Å². The third-order valence-corrected chi connectivity index (χ3v) is 7.53. The van der Waals surface area contributed by atoms with Crippen molar-refractivity contribution < 1.29 is 34.7 Å². The predicted octanol–water partition coefficient (Wildman–Crippen LogP) is 4.31. The minimum absolute atomic E-state index is 0.0280. The Morgan fingerprint density at radius 2 is 1.44 bits per heavy atom. The molecule has 0 radical (unpaired) electrons. The SMILES string of the molecule is CCN(CCOCC(=O)OC(C)(C)C)c1ccc(C2C(O)C(c3c(O)cc(N(CCN=[N+]=[N-])CCN=[N+]=[N-])cc3O)C2O)cc1. The predicted molar refractivity (Wildman–Crippen MR) is 168 cm³/mol. The standard InChI is InChI=1S/C30H42N8O7/c1-5-37(14-15-44-18-24(41)45-30(2,3)4)20-8-6-19(7-9-20)25-28(42)27(29(25)43)26-22(39)16-21(17-23(26)40)38(12-10-33-35-31)13-11-34-36-32/h6-9,16-17,25,27-29,39-40,42-43H,5,10-15,18H2,1-4H3. The number of aromatic hydroxyl groups is 2. The van der Waals surface area contributed by atoms with Crippen LogP contribution in [-0.2, 0) is 14.3 Å². The van der Waals surface area contributed by atoms with Crippen molar-refractivity contribution in [2.24, 2.45) is 10.2 Å². The van der Waals surface area contributed by atoms with E-state index in [0.29, 0.717) is 30.9 Å². The lowest BCUT2D eigenvalue weighted by Crippen LogP contribution is -2.51. The summed E-state index contributed by atoms with van der Waals surface area (Å²) in [7, 11) is 0. The molecule has 4 N–H and O–H groups in total. The van der Waals surface area contributed by atoms with Gasteiger partial charge in [0.2, 0.25) is 0 Å². The summed E-state index contributed by atoms with van der Waals surface area (Å²) < 4.78 is 10.7. The number of azide groups is 2. The maximum atomic E-state index is 11.9. The number of esters is 1. The fourth-order valence-electron chi connectivity index (χ4n) is 5.44. The molecule has 45 heavy (non-hydrogen) atoms. The van der Waals surface area contributed by atoms with Gasteiger partial charge in [0.15, 0.2) is 0 Å². The van der Waals surface area contributed by atoms with Crippen LogP contribution < -0.4 is 9.80 Å². The second-order valence-corrected chi connectivity index (χ2v) is 11.6. The number of aliphatic hydroxyl groups excluding tert-OH is 2. The largest absolute Gasteiger partial charge is 0.507 e. The Balaban J connectivity index is 1.66. The lowest BCUT2D eigenvalue weighted by atomic mass is 9.63. The fraction of sp³-hybridized carbons (Fsp3) is 0.567. The highest BCUT2D eigenvalue weighted by molar-refractivity contribution is 5.71. The van der Waals surface area contributed by atoms with E-state index in [1.807, 2.05) is 31.2 Å². The summed E-state index contributed by atoms with van der Waals surface area (Å²) in [5, 5.41) is 50.9. The number of rotatable bonds is 16. The van der Waals surface area contributed by atoms with Crippen molar-refractivity contribution in [2.75, 3.05) is 62.3 Å². The number of anilines is 2. The van der Waals surface area contributed by atoms with Gasteiger partial charge in [0.25, 0.3) is 0 Å². The second kappa shape index (κ2) is 16.1. The van der Waals surface area contributed by atoms with Crippen molar-refractivity contribution in [1.82, 2.24) is 0 Å². The molecule has 2 atom stereocenters. The van der Waals surface area contributed by atoms with Gasteiger partial charge >= 0.3 is 5.97 Å². The van der Waals surface area contributed by atoms with Crippen LogP contribution in [0.5, 0.6) is 11.5 Å². The maximum Gasteiger partial charge on any atom is 0.332 e. The van der Waals surface area contributed by atoms with E-state index in [9.17, 15) is 25.2 Å². The van der Waals surface area contributed by atoms with E-state index in [2.05, 4.69) is 25.0 Å². The van der Waals surface area contributed by atoms with Gasteiger partial charge in [0, 0.05) is 90.0 Å². The molecule has 15 nitrogen and oxygen atoms in total. The van der Waals surface area contributed by atoms with Crippen LogP contribution in [0.25, 0.3) is 20.9 Å². The van der Waals surface area contributed by atoms with Crippen molar-refractivity contribution in [3.8, 4) is 11.5 Å². The number of nitrogens with zero attached hydrogens (tertiary/aromatic N) is 8. The summed E-state index contributed by atoms with van der Waals surface area (Å²) in [5.41, 5.74) is 18.6. The zero-order valence-electron chi connectivity index (χ0n) is 26.0. The fourth-order valence-corrected chi connectivity index (χ4v) is 5.44. The number of carbonyl (C=O) groups excluding carboxylic acids is 1. The molecule has 1 aliphatic carbocycles. The Bertz CT molecular complexity index is 1330. The van der Waals surface area contributed by atoms with E-state index < -0.39 is 35.6 Å². The molecular weight excluding hydrogens is 584 g/mol. The van der Waals surface area contributed by atoms with E-state index in [4.69, 9.17) is 20.5 Å². The third-order valence-electron chi connectivity index (χ3n) is 7.53. The maximum absolute atomic E-state index is 11.9.